The van der Waals surface area contributed by atoms with Crippen LogP contribution in [0.2, 0.25) is 0 Å². The van der Waals surface area contributed by atoms with E-state index in [1.54, 1.807) is 13.3 Å². The number of aryl methyl sites for hydroxylation is 1. The average molecular weight is 972 g/mol. The topological polar surface area (TPSA) is 171 Å². The monoisotopic (exact) mass is 972 g/mol. The molecule has 17 nitrogen and oxygen atoms in total. The number of carbonyl (C=O) groups excluding carboxylic acids is 5. The number of likely N-dealkylation sites (N-methyl/N-ethyl adjacent to an activating group) is 1. The van der Waals surface area contributed by atoms with E-state index in [0.717, 1.165) is 56.8 Å². The van der Waals surface area contributed by atoms with Gasteiger partial charge < -0.3 is 38.8 Å². The van der Waals surface area contributed by atoms with Gasteiger partial charge in [-0.15, -0.1) is 0 Å². The van der Waals surface area contributed by atoms with Gasteiger partial charge in [0.25, 0.3) is 24.2 Å². The zero-order chi connectivity index (χ0) is 51.0. The number of benzene rings is 1. The number of rotatable bonds is 18. The number of piperidine rings is 1. The summed E-state index contributed by atoms with van der Waals surface area (Å²) in [6.07, 6.45) is 3.03. The summed E-state index contributed by atoms with van der Waals surface area (Å²) in [5.41, 5.74) is 5.84. The number of alkyl halides is 1. The minimum atomic E-state index is -2.27. The Kier molecular flexibility index (Phi) is 17.7. The van der Waals surface area contributed by atoms with Gasteiger partial charge >= 0.3 is 0 Å². The Balaban J connectivity index is 1.20. The van der Waals surface area contributed by atoms with Gasteiger partial charge in [0, 0.05) is 113 Å². The van der Waals surface area contributed by atoms with Crippen LogP contribution in [0, 0.1) is 17.3 Å². The van der Waals surface area contributed by atoms with Crippen LogP contribution in [-0.2, 0) is 51.1 Å². The maximum Gasteiger partial charge on any atom is 0.298 e. The number of hydrogen-bond acceptors (Lipinski definition) is 12. The van der Waals surface area contributed by atoms with Crippen LogP contribution in [0.5, 0.6) is 0 Å². The summed E-state index contributed by atoms with van der Waals surface area (Å²) in [6, 6.07) is 9.44. The van der Waals surface area contributed by atoms with Crippen LogP contribution in [-0.4, -0.2) is 170 Å². The Hall–Kier alpha value is -5.61. The highest BCUT2D eigenvalue weighted by atomic mass is 19.1. The number of hydrogen-bond donors (Lipinski definition) is 2. The highest BCUT2D eigenvalue weighted by molar-refractivity contribution is 5.96. The summed E-state index contributed by atoms with van der Waals surface area (Å²) in [5.74, 6) is 3.42. The number of anilines is 1. The highest BCUT2D eigenvalue weighted by Crippen LogP contribution is 2.42. The number of morpholine rings is 1. The van der Waals surface area contributed by atoms with Crippen molar-refractivity contribution in [3.63, 3.8) is 0 Å². The van der Waals surface area contributed by atoms with Crippen molar-refractivity contribution in [2.45, 2.75) is 116 Å². The predicted molar refractivity (Wildman–Crippen MR) is 266 cm³/mol. The molecule has 2 aromatic heterocycles. The summed E-state index contributed by atoms with van der Waals surface area (Å²) in [5, 5.41) is 5.47. The number of aromatic nitrogens is 2. The van der Waals surface area contributed by atoms with Crippen molar-refractivity contribution < 1.29 is 42.6 Å². The van der Waals surface area contributed by atoms with E-state index in [2.05, 4.69) is 77.1 Å². The minimum Gasteiger partial charge on any atom is -0.467 e. The zero-order valence-corrected chi connectivity index (χ0v) is 42.9. The van der Waals surface area contributed by atoms with Crippen LogP contribution in [0.25, 0.3) is 22.2 Å². The largest absolute Gasteiger partial charge is 0.467 e. The fourth-order valence-electron chi connectivity index (χ4n) is 9.46. The summed E-state index contributed by atoms with van der Waals surface area (Å²) >= 11 is 0. The molecule has 1 aromatic carbocycles. The van der Waals surface area contributed by atoms with Gasteiger partial charge in [0.2, 0.25) is 5.91 Å². The van der Waals surface area contributed by atoms with Gasteiger partial charge in [-0.1, -0.05) is 19.8 Å². The lowest BCUT2D eigenvalue weighted by atomic mass is 9.84. The number of likely N-dealkylation sites (tertiary alicyclic amines) is 1. The number of hydrazine groups is 1. The first-order valence-electron chi connectivity index (χ1n) is 24.6. The van der Waals surface area contributed by atoms with Crippen LogP contribution in [0.3, 0.4) is 0 Å². The number of nitrogens with one attached hydrogen (secondary N) is 2. The Labute approximate surface area is 412 Å². The van der Waals surface area contributed by atoms with Crippen LogP contribution < -0.4 is 15.6 Å². The standard InChI is InChI=1S/C52H74FN9O8/c1-11-61-43-17-16-37(29-40(43)41(31-50(3,4)34-69-35-63)47(61)39-15-14-22-54-46(39)36(2)68-10)60-27-28-70-38(32-60)30-42(48(66)62-24-13-12-23-55-62)56-44(64)33-58(9)49(67)52(53)20-25-59(26-21-52)45(65)18-19-51(5,6)57(7)8/h14-17,22,29,35-36,38,42,55H,11-13,20-21,23-28,30-34H2,1-10H3,(H,56,64)/t36?,38-,42?/m0/s1. The van der Waals surface area contributed by atoms with Crippen molar-refractivity contribution in [2.75, 3.05) is 92.2 Å². The lowest BCUT2D eigenvalue weighted by Gasteiger charge is -2.38. The van der Waals surface area contributed by atoms with E-state index in [-0.39, 0.29) is 51.0 Å². The Morgan fingerprint density at radius 2 is 1.83 bits per heavy atom. The summed E-state index contributed by atoms with van der Waals surface area (Å²) in [7, 11) is 6.78. The molecule has 3 aromatic rings. The van der Waals surface area contributed by atoms with Gasteiger partial charge in [0.1, 0.15) is 6.04 Å². The Morgan fingerprint density at radius 3 is 2.49 bits per heavy atom. The second-order valence-electron chi connectivity index (χ2n) is 20.4. The molecule has 0 saturated carbocycles. The molecule has 0 aliphatic carbocycles. The molecule has 6 rings (SSSR count). The van der Waals surface area contributed by atoms with Gasteiger partial charge in [-0.3, -0.25) is 38.9 Å². The molecule has 3 aliphatic heterocycles. The summed E-state index contributed by atoms with van der Waals surface area (Å²) in [4.78, 5) is 77.1. The number of nitrogens with zero attached hydrogens (tertiary/aromatic N) is 7. The molecule has 3 fully saturated rings. The van der Waals surface area contributed by atoms with Gasteiger partial charge in [0.15, 0.2) is 5.67 Å². The van der Waals surface area contributed by atoms with Crippen molar-refractivity contribution in [1.29, 1.82) is 0 Å². The summed E-state index contributed by atoms with van der Waals surface area (Å²) in [6.45, 7) is 15.4. The van der Waals surface area contributed by atoms with E-state index in [0.29, 0.717) is 52.2 Å². The molecule has 70 heavy (non-hydrogen) atoms. The number of ether oxygens (including phenoxy) is 3. The van der Waals surface area contributed by atoms with Crippen molar-refractivity contribution in [2.24, 2.45) is 5.41 Å². The molecule has 0 radical (unpaired) electrons. The number of carbonyl (C=O) groups is 5. The van der Waals surface area contributed by atoms with E-state index in [4.69, 9.17) is 19.2 Å². The summed E-state index contributed by atoms with van der Waals surface area (Å²) < 4.78 is 36.0. The van der Waals surface area contributed by atoms with Crippen molar-refractivity contribution in [3.05, 3.63) is 47.8 Å². The second kappa shape index (κ2) is 23.1. The SMILES string of the molecule is CCn1c(-c2cccnc2C(C)OC)c(CC(C)(C)COC=O)c2cc(N3CCO[C@@H](CC(NC(=O)CN(C)C(=O)C4(F)CCN(C(=O)C#CC(C)(C)N(C)C)CC4)C(=O)N4CCCCN4)C3)ccc21. The first kappa shape index (κ1) is 53.7. The first-order chi connectivity index (χ1) is 33.2. The zero-order valence-electron chi connectivity index (χ0n) is 42.9. The van der Waals surface area contributed by atoms with E-state index in [1.807, 2.05) is 45.8 Å². The molecule has 2 unspecified atom stereocenters. The third-order valence-electron chi connectivity index (χ3n) is 14.1. The third kappa shape index (κ3) is 12.6. The highest BCUT2D eigenvalue weighted by Gasteiger charge is 2.45. The lowest BCUT2D eigenvalue weighted by Crippen LogP contribution is -2.58. The second-order valence-corrected chi connectivity index (χ2v) is 20.4. The molecule has 3 atom stereocenters. The van der Waals surface area contributed by atoms with E-state index in [9.17, 15) is 24.0 Å². The van der Waals surface area contributed by atoms with Crippen molar-refractivity contribution >= 4 is 46.7 Å². The molecular formula is C52H74FN9O8. The van der Waals surface area contributed by atoms with E-state index >= 15 is 4.39 Å². The number of pyridine rings is 1. The molecule has 382 valence electrons. The molecule has 4 amide bonds. The van der Waals surface area contributed by atoms with Crippen molar-refractivity contribution in [3.8, 4) is 23.1 Å². The van der Waals surface area contributed by atoms with Gasteiger partial charge in [0.05, 0.1) is 48.9 Å². The number of methoxy groups -OCH3 is 1. The molecule has 0 bridgehead atoms. The van der Waals surface area contributed by atoms with Crippen molar-refractivity contribution in [1.82, 2.24) is 40.0 Å². The van der Waals surface area contributed by atoms with Crippen LogP contribution in [0.1, 0.15) is 91.0 Å². The molecular weight excluding hydrogens is 898 g/mol. The Morgan fingerprint density at radius 1 is 1.09 bits per heavy atom. The van der Waals surface area contributed by atoms with Gasteiger partial charge in [-0.05, 0) is 103 Å². The number of halogens is 1. The molecule has 5 heterocycles. The molecule has 3 saturated heterocycles. The third-order valence-corrected chi connectivity index (χ3v) is 14.1. The fourth-order valence-corrected chi connectivity index (χ4v) is 9.46. The number of amides is 4. The first-order valence-corrected chi connectivity index (χ1v) is 24.6. The molecule has 0 spiro atoms. The maximum atomic E-state index is 16.3. The smallest absolute Gasteiger partial charge is 0.298 e. The molecule has 18 heteroatoms. The van der Waals surface area contributed by atoms with E-state index in [1.165, 1.54) is 17.0 Å². The normalized spacial score (nSPS) is 18.5. The van der Waals surface area contributed by atoms with Crippen LogP contribution >= 0.6 is 0 Å². The van der Waals surface area contributed by atoms with E-state index < -0.39 is 53.0 Å². The number of fused-ring (bicyclic) bond motifs is 1. The predicted octanol–water partition coefficient (Wildman–Crippen LogP) is 4.51. The fraction of sp³-hybridized carbons (Fsp3) is 0.615. The minimum absolute atomic E-state index is 0.00802. The Bertz CT molecular complexity index is 2410. The maximum absolute atomic E-state index is 16.3. The lowest BCUT2D eigenvalue weighted by molar-refractivity contribution is -0.150. The molecule has 2 N–H and O–H groups in total. The molecule has 3 aliphatic rings. The van der Waals surface area contributed by atoms with Crippen LogP contribution in [0.15, 0.2) is 36.5 Å². The van der Waals surface area contributed by atoms with Gasteiger partial charge in [-0.2, -0.15) is 0 Å². The average Bonchev–Trinajstić information content (AvgIpc) is 3.65. The van der Waals surface area contributed by atoms with Crippen LogP contribution in [0.4, 0.5) is 10.1 Å². The quantitative estimate of drug-likeness (QED) is 0.135. The van der Waals surface area contributed by atoms with Gasteiger partial charge in [-0.25, -0.2) is 9.82 Å².